The number of nitrogens with one attached hydrogen (secondary N) is 1. The Morgan fingerprint density at radius 2 is 2.22 bits per heavy atom. The van der Waals surface area contributed by atoms with E-state index < -0.39 is 0 Å². The van der Waals surface area contributed by atoms with Crippen LogP contribution in [-0.4, -0.2) is 45.5 Å². The number of carbonyl (C=O) groups is 1. The smallest absolute Gasteiger partial charge is 0.318 e. The Kier molecular flexibility index (Phi) is 5.94. The van der Waals surface area contributed by atoms with E-state index in [-0.39, 0.29) is 19.2 Å². The van der Waals surface area contributed by atoms with Crippen molar-refractivity contribution in [3.63, 3.8) is 0 Å². The van der Waals surface area contributed by atoms with Crippen LogP contribution in [0.2, 0.25) is 0 Å². The Bertz CT molecular complexity index is 666. The number of hydrogen-bond acceptors (Lipinski definition) is 3. The zero-order valence-corrected chi connectivity index (χ0v) is 13.3. The number of para-hydroxylation sites is 1. The molecule has 0 saturated heterocycles. The van der Waals surface area contributed by atoms with Crippen molar-refractivity contribution < 1.29 is 9.90 Å². The molecule has 6 heteroatoms. The van der Waals surface area contributed by atoms with E-state index in [9.17, 15) is 4.79 Å². The number of carbonyl (C=O) groups excluding carboxylic acids is 1. The van der Waals surface area contributed by atoms with Crippen molar-refractivity contribution in [1.29, 1.82) is 0 Å². The SMILES string of the molecule is C=CCN(CCO)C(=O)NCc1ccccc1-n1ccc(C)n1. The minimum absolute atomic E-state index is 0.0790. The van der Waals surface area contributed by atoms with Gasteiger partial charge in [-0.1, -0.05) is 24.3 Å². The van der Waals surface area contributed by atoms with Crippen LogP contribution in [0.5, 0.6) is 0 Å². The summed E-state index contributed by atoms with van der Waals surface area (Å²) >= 11 is 0. The lowest BCUT2D eigenvalue weighted by atomic mass is 10.2. The lowest BCUT2D eigenvalue weighted by Crippen LogP contribution is -2.41. The molecule has 0 radical (unpaired) electrons. The van der Waals surface area contributed by atoms with E-state index in [4.69, 9.17) is 5.11 Å². The maximum atomic E-state index is 12.2. The Labute approximate surface area is 136 Å². The van der Waals surface area contributed by atoms with E-state index in [0.29, 0.717) is 13.1 Å². The number of rotatable bonds is 7. The molecule has 2 aromatic rings. The molecule has 1 aromatic heterocycles. The van der Waals surface area contributed by atoms with Crippen LogP contribution in [0.3, 0.4) is 0 Å². The third kappa shape index (κ3) is 4.43. The van der Waals surface area contributed by atoms with E-state index in [1.165, 1.54) is 4.90 Å². The molecule has 1 heterocycles. The van der Waals surface area contributed by atoms with Gasteiger partial charge in [0, 0.05) is 25.8 Å². The van der Waals surface area contributed by atoms with Crippen molar-refractivity contribution in [1.82, 2.24) is 20.0 Å². The van der Waals surface area contributed by atoms with Crippen LogP contribution in [0.4, 0.5) is 4.79 Å². The van der Waals surface area contributed by atoms with Gasteiger partial charge >= 0.3 is 6.03 Å². The van der Waals surface area contributed by atoms with Gasteiger partial charge in [-0.25, -0.2) is 9.48 Å². The zero-order valence-electron chi connectivity index (χ0n) is 13.3. The molecule has 2 amide bonds. The van der Waals surface area contributed by atoms with Crippen LogP contribution < -0.4 is 5.32 Å². The second-order valence-electron chi connectivity index (χ2n) is 5.15. The fourth-order valence-corrected chi connectivity index (χ4v) is 2.27. The van der Waals surface area contributed by atoms with Gasteiger partial charge in [0.2, 0.25) is 0 Å². The highest BCUT2D eigenvalue weighted by atomic mass is 16.3. The minimum Gasteiger partial charge on any atom is -0.395 e. The first-order valence-corrected chi connectivity index (χ1v) is 7.50. The van der Waals surface area contributed by atoms with Gasteiger partial charge in [-0.15, -0.1) is 6.58 Å². The molecule has 0 aliphatic heterocycles. The van der Waals surface area contributed by atoms with Gasteiger partial charge < -0.3 is 15.3 Å². The second-order valence-corrected chi connectivity index (χ2v) is 5.15. The predicted octanol–water partition coefficient (Wildman–Crippen LogP) is 1.87. The molecule has 0 aliphatic carbocycles. The molecule has 2 rings (SSSR count). The molecule has 0 saturated carbocycles. The number of urea groups is 1. The summed E-state index contributed by atoms with van der Waals surface area (Å²) in [6, 6.07) is 9.48. The monoisotopic (exact) mass is 314 g/mol. The van der Waals surface area contributed by atoms with Gasteiger partial charge in [-0.3, -0.25) is 0 Å². The maximum absolute atomic E-state index is 12.2. The van der Waals surface area contributed by atoms with Crippen molar-refractivity contribution >= 4 is 6.03 Å². The number of aliphatic hydroxyl groups is 1. The Morgan fingerprint density at radius 3 is 2.87 bits per heavy atom. The first-order valence-electron chi connectivity index (χ1n) is 7.50. The van der Waals surface area contributed by atoms with Crippen molar-refractivity contribution in [2.75, 3.05) is 19.7 Å². The lowest BCUT2D eigenvalue weighted by molar-refractivity contribution is 0.183. The molecular formula is C17H22N4O2. The molecular weight excluding hydrogens is 292 g/mol. The highest BCUT2D eigenvalue weighted by molar-refractivity contribution is 5.74. The first kappa shape index (κ1) is 16.8. The summed E-state index contributed by atoms with van der Waals surface area (Å²) in [7, 11) is 0. The maximum Gasteiger partial charge on any atom is 0.318 e. The molecule has 6 nitrogen and oxygen atoms in total. The highest BCUT2D eigenvalue weighted by Gasteiger charge is 2.12. The lowest BCUT2D eigenvalue weighted by Gasteiger charge is -2.21. The van der Waals surface area contributed by atoms with E-state index in [1.807, 2.05) is 43.5 Å². The number of aliphatic hydroxyl groups excluding tert-OH is 1. The molecule has 0 fully saturated rings. The summed E-state index contributed by atoms with van der Waals surface area (Å²) in [6.45, 7) is 6.53. The average molecular weight is 314 g/mol. The molecule has 2 N–H and O–H groups in total. The van der Waals surface area contributed by atoms with Crippen LogP contribution in [-0.2, 0) is 6.54 Å². The molecule has 0 unspecified atom stereocenters. The number of nitrogens with zero attached hydrogens (tertiary/aromatic N) is 3. The summed E-state index contributed by atoms with van der Waals surface area (Å²) < 4.78 is 1.80. The molecule has 0 spiro atoms. The summed E-state index contributed by atoms with van der Waals surface area (Å²) in [5.74, 6) is 0. The van der Waals surface area contributed by atoms with E-state index in [2.05, 4.69) is 17.0 Å². The zero-order chi connectivity index (χ0) is 16.7. The molecule has 0 bridgehead atoms. The van der Waals surface area contributed by atoms with Crippen molar-refractivity contribution in [2.24, 2.45) is 0 Å². The number of benzene rings is 1. The van der Waals surface area contributed by atoms with E-state index in [1.54, 1.807) is 10.8 Å². The molecule has 122 valence electrons. The van der Waals surface area contributed by atoms with Crippen molar-refractivity contribution in [2.45, 2.75) is 13.5 Å². The van der Waals surface area contributed by atoms with E-state index >= 15 is 0 Å². The first-order chi connectivity index (χ1) is 11.2. The average Bonchev–Trinajstić information content (AvgIpc) is 2.99. The number of aryl methyl sites for hydroxylation is 1. The summed E-state index contributed by atoms with van der Waals surface area (Å²) in [5.41, 5.74) is 2.83. The fourth-order valence-electron chi connectivity index (χ4n) is 2.27. The third-order valence-electron chi connectivity index (χ3n) is 3.40. The van der Waals surface area contributed by atoms with Crippen LogP contribution in [0.1, 0.15) is 11.3 Å². The van der Waals surface area contributed by atoms with Gasteiger partial charge in [-0.05, 0) is 24.6 Å². The Hall–Kier alpha value is -2.60. The van der Waals surface area contributed by atoms with Gasteiger partial charge in [0.1, 0.15) is 0 Å². The van der Waals surface area contributed by atoms with Crippen LogP contribution in [0.15, 0.2) is 49.2 Å². The summed E-state index contributed by atoms with van der Waals surface area (Å²) in [4.78, 5) is 13.7. The normalized spacial score (nSPS) is 10.3. The van der Waals surface area contributed by atoms with Gasteiger partial charge in [0.05, 0.1) is 18.0 Å². The standard InChI is InChI=1S/C17H22N4O2/c1-3-9-20(11-12-22)17(23)18-13-15-6-4-5-7-16(15)21-10-8-14(2)19-21/h3-8,10,22H,1,9,11-13H2,2H3,(H,18,23). The minimum atomic E-state index is -0.231. The largest absolute Gasteiger partial charge is 0.395 e. The topological polar surface area (TPSA) is 70.4 Å². The molecule has 1 aromatic carbocycles. The number of hydrogen-bond donors (Lipinski definition) is 2. The van der Waals surface area contributed by atoms with Gasteiger partial charge in [0.25, 0.3) is 0 Å². The van der Waals surface area contributed by atoms with Gasteiger partial charge in [0.15, 0.2) is 0 Å². The summed E-state index contributed by atoms with van der Waals surface area (Å²) in [6.07, 6.45) is 3.53. The quantitative estimate of drug-likeness (QED) is 0.767. The number of amides is 2. The number of aromatic nitrogens is 2. The van der Waals surface area contributed by atoms with Crippen LogP contribution in [0.25, 0.3) is 5.69 Å². The highest BCUT2D eigenvalue weighted by Crippen LogP contribution is 2.14. The predicted molar refractivity (Wildman–Crippen MR) is 89.4 cm³/mol. The third-order valence-corrected chi connectivity index (χ3v) is 3.40. The Morgan fingerprint density at radius 1 is 1.43 bits per heavy atom. The molecule has 0 atom stereocenters. The van der Waals surface area contributed by atoms with Crippen LogP contribution >= 0.6 is 0 Å². The van der Waals surface area contributed by atoms with E-state index in [0.717, 1.165) is 16.9 Å². The van der Waals surface area contributed by atoms with Crippen molar-refractivity contribution in [3.05, 3.63) is 60.4 Å². The van der Waals surface area contributed by atoms with Gasteiger partial charge in [-0.2, -0.15) is 5.10 Å². The van der Waals surface area contributed by atoms with Crippen LogP contribution in [0, 0.1) is 6.92 Å². The molecule has 23 heavy (non-hydrogen) atoms. The fraction of sp³-hybridized carbons (Fsp3) is 0.294. The molecule has 0 aliphatic rings. The Balaban J connectivity index is 2.09. The second kappa shape index (κ2) is 8.14. The summed E-state index contributed by atoms with van der Waals surface area (Å²) in [5, 5.41) is 16.3. The van der Waals surface area contributed by atoms with Crippen molar-refractivity contribution in [3.8, 4) is 5.69 Å².